The second-order valence-corrected chi connectivity index (χ2v) is 8.37. The van der Waals surface area contributed by atoms with E-state index in [0.29, 0.717) is 37.4 Å². The summed E-state index contributed by atoms with van der Waals surface area (Å²) in [6.45, 7) is 2.14. The Morgan fingerprint density at radius 1 is 1.30 bits per heavy atom. The predicted molar refractivity (Wildman–Crippen MR) is 117 cm³/mol. The quantitative estimate of drug-likeness (QED) is 0.550. The average molecular weight is 431 g/mol. The summed E-state index contributed by atoms with van der Waals surface area (Å²) >= 11 is 5.97. The summed E-state index contributed by atoms with van der Waals surface area (Å²) in [5.41, 5.74) is 7.61. The van der Waals surface area contributed by atoms with Gasteiger partial charge in [-0.2, -0.15) is 0 Å². The fraction of sp³-hybridized carbons (Fsp3) is 0.476. The van der Waals surface area contributed by atoms with Crippen LogP contribution in [0.15, 0.2) is 30.6 Å². The maximum atomic E-state index is 13.1. The van der Waals surface area contributed by atoms with Gasteiger partial charge in [0.05, 0.1) is 11.6 Å². The van der Waals surface area contributed by atoms with Crippen LogP contribution in [0, 0.1) is 0 Å². The van der Waals surface area contributed by atoms with Crippen LogP contribution < -0.4 is 21.3 Å². The lowest BCUT2D eigenvalue weighted by Gasteiger charge is -2.39. The molecule has 2 aliphatic heterocycles. The number of halogens is 1. The van der Waals surface area contributed by atoms with Crippen molar-refractivity contribution in [2.24, 2.45) is 5.73 Å². The Hall–Kier alpha value is -2.42. The molecule has 0 bridgehead atoms. The Bertz CT molecular complexity index is 899. The standard InChI is InChI=1S/C21H27ClN6O2/c22-15-3-1-14(2-4-15)17(6-12-29)27-20(30)21(23)7-10-28(11-8-21)19-16-5-9-24-18(16)25-13-26-19/h1-4,13,17,29H,5-12,23H2,(H,27,30)(H,24,25,26)/t17-/m0/s1. The van der Waals surface area contributed by atoms with Crippen LogP contribution in [0.2, 0.25) is 5.02 Å². The number of nitrogens with zero attached hydrogens (tertiary/aromatic N) is 3. The van der Waals surface area contributed by atoms with E-state index in [0.717, 1.165) is 35.7 Å². The molecule has 0 spiro atoms. The first-order chi connectivity index (χ1) is 14.5. The zero-order valence-electron chi connectivity index (χ0n) is 16.8. The van der Waals surface area contributed by atoms with Gasteiger partial charge < -0.3 is 26.4 Å². The number of benzene rings is 1. The highest BCUT2D eigenvalue weighted by Gasteiger charge is 2.39. The van der Waals surface area contributed by atoms with Crippen LogP contribution in [0.4, 0.5) is 11.6 Å². The molecule has 1 aromatic heterocycles. The molecule has 0 radical (unpaired) electrons. The van der Waals surface area contributed by atoms with Crippen LogP contribution in [-0.4, -0.2) is 52.8 Å². The Morgan fingerprint density at radius 3 is 2.73 bits per heavy atom. The van der Waals surface area contributed by atoms with Crippen LogP contribution in [0.1, 0.15) is 36.4 Å². The summed E-state index contributed by atoms with van der Waals surface area (Å²) in [7, 11) is 0. The van der Waals surface area contributed by atoms with E-state index >= 15 is 0 Å². The molecule has 3 heterocycles. The van der Waals surface area contributed by atoms with Crippen molar-refractivity contribution in [2.45, 2.75) is 37.3 Å². The molecule has 0 unspecified atom stereocenters. The smallest absolute Gasteiger partial charge is 0.240 e. The molecule has 4 rings (SSSR count). The predicted octanol–water partition coefficient (Wildman–Crippen LogP) is 1.64. The van der Waals surface area contributed by atoms with E-state index in [4.69, 9.17) is 17.3 Å². The van der Waals surface area contributed by atoms with Crippen molar-refractivity contribution < 1.29 is 9.90 Å². The van der Waals surface area contributed by atoms with Crippen molar-refractivity contribution >= 4 is 29.1 Å². The van der Waals surface area contributed by atoms with Crippen molar-refractivity contribution in [3.05, 3.63) is 46.7 Å². The number of nitrogens with one attached hydrogen (secondary N) is 2. The molecule has 8 nitrogen and oxygen atoms in total. The van der Waals surface area contributed by atoms with Crippen LogP contribution in [-0.2, 0) is 11.2 Å². The van der Waals surface area contributed by atoms with Gasteiger partial charge in [-0.25, -0.2) is 9.97 Å². The Morgan fingerprint density at radius 2 is 2.03 bits per heavy atom. The number of anilines is 2. The number of aromatic nitrogens is 2. The number of piperidine rings is 1. The van der Waals surface area contributed by atoms with Crippen LogP contribution in [0.5, 0.6) is 0 Å². The van der Waals surface area contributed by atoms with Gasteiger partial charge in [-0.3, -0.25) is 4.79 Å². The van der Waals surface area contributed by atoms with Gasteiger partial charge in [0.25, 0.3) is 0 Å². The van der Waals surface area contributed by atoms with Crippen LogP contribution in [0.25, 0.3) is 0 Å². The SMILES string of the molecule is NC1(C(=O)N[C@@H](CCO)c2ccc(Cl)cc2)CCN(c2ncnc3c2CCN3)CC1. The number of carbonyl (C=O) groups excluding carboxylic acids is 1. The van der Waals surface area contributed by atoms with Gasteiger partial charge in [0.2, 0.25) is 5.91 Å². The van der Waals surface area contributed by atoms with Crippen LogP contribution in [0.3, 0.4) is 0 Å². The molecule has 0 saturated carbocycles. The largest absolute Gasteiger partial charge is 0.396 e. The van der Waals surface area contributed by atoms with Crippen molar-refractivity contribution in [1.29, 1.82) is 0 Å². The van der Waals surface area contributed by atoms with Crippen LogP contribution >= 0.6 is 11.6 Å². The number of aliphatic hydroxyl groups is 1. The number of nitrogens with two attached hydrogens (primary N) is 1. The lowest BCUT2D eigenvalue weighted by molar-refractivity contribution is -0.128. The highest BCUT2D eigenvalue weighted by atomic mass is 35.5. The number of amides is 1. The molecule has 5 N–H and O–H groups in total. The van der Waals surface area contributed by atoms with Crippen molar-refractivity contribution in [2.75, 3.05) is 36.5 Å². The van der Waals surface area contributed by atoms with Gasteiger partial charge in [0.1, 0.15) is 18.0 Å². The van der Waals surface area contributed by atoms with E-state index in [1.54, 1.807) is 18.5 Å². The zero-order valence-corrected chi connectivity index (χ0v) is 17.5. The molecule has 0 aliphatic carbocycles. The van der Waals surface area contributed by atoms with E-state index in [9.17, 15) is 9.90 Å². The summed E-state index contributed by atoms with van der Waals surface area (Å²) in [6, 6.07) is 6.96. The Kier molecular flexibility index (Phi) is 6.08. The summed E-state index contributed by atoms with van der Waals surface area (Å²) in [4.78, 5) is 24.0. The number of rotatable bonds is 6. The summed E-state index contributed by atoms with van der Waals surface area (Å²) in [6.07, 6.45) is 3.94. The molecule has 1 aromatic carbocycles. The lowest BCUT2D eigenvalue weighted by Crippen LogP contribution is -2.60. The third kappa shape index (κ3) is 4.21. The zero-order chi connectivity index (χ0) is 21.1. The summed E-state index contributed by atoms with van der Waals surface area (Å²) in [5.74, 6) is 1.65. The van der Waals surface area contributed by atoms with E-state index in [1.165, 1.54) is 0 Å². The molecule has 1 amide bonds. The highest BCUT2D eigenvalue weighted by molar-refractivity contribution is 6.30. The van der Waals surface area contributed by atoms with E-state index < -0.39 is 5.54 Å². The minimum Gasteiger partial charge on any atom is -0.396 e. The van der Waals surface area contributed by atoms with Gasteiger partial charge in [0, 0.05) is 36.8 Å². The molecule has 1 fully saturated rings. The second-order valence-electron chi connectivity index (χ2n) is 7.93. The maximum Gasteiger partial charge on any atom is 0.240 e. The highest BCUT2D eigenvalue weighted by Crippen LogP contribution is 2.31. The molecular formula is C21H27ClN6O2. The monoisotopic (exact) mass is 430 g/mol. The average Bonchev–Trinajstić information content (AvgIpc) is 3.24. The molecule has 2 aromatic rings. The van der Waals surface area contributed by atoms with Crippen molar-refractivity contribution in [1.82, 2.24) is 15.3 Å². The molecule has 2 aliphatic rings. The minimum atomic E-state index is -0.953. The van der Waals surface area contributed by atoms with Crippen molar-refractivity contribution in [3.8, 4) is 0 Å². The first-order valence-corrected chi connectivity index (χ1v) is 10.7. The van der Waals surface area contributed by atoms with Gasteiger partial charge in [-0.15, -0.1) is 0 Å². The van der Waals surface area contributed by atoms with Gasteiger partial charge >= 0.3 is 0 Å². The summed E-state index contributed by atoms with van der Waals surface area (Å²) in [5, 5.41) is 16.4. The van der Waals surface area contributed by atoms with E-state index in [2.05, 4.69) is 25.5 Å². The van der Waals surface area contributed by atoms with E-state index in [-0.39, 0.29) is 18.6 Å². The second kappa shape index (κ2) is 8.75. The lowest BCUT2D eigenvalue weighted by atomic mass is 9.86. The first-order valence-electron chi connectivity index (χ1n) is 10.3. The third-order valence-electron chi connectivity index (χ3n) is 5.99. The normalized spacial score (nSPS) is 18.4. The number of hydrogen-bond acceptors (Lipinski definition) is 7. The van der Waals surface area contributed by atoms with Gasteiger partial charge in [-0.05, 0) is 43.4 Å². The van der Waals surface area contributed by atoms with Crippen molar-refractivity contribution in [3.63, 3.8) is 0 Å². The number of hydrogen-bond donors (Lipinski definition) is 4. The molecule has 30 heavy (non-hydrogen) atoms. The third-order valence-corrected chi connectivity index (χ3v) is 6.24. The van der Waals surface area contributed by atoms with E-state index in [1.807, 2.05) is 12.1 Å². The van der Waals surface area contributed by atoms with Gasteiger partial charge in [-0.1, -0.05) is 23.7 Å². The fourth-order valence-corrected chi connectivity index (χ4v) is 4.28. The molecule has 1 saturated heterocycles. The molecular weight excluding hydrogens is 404 g/mol. The Labute approximate surface area is 180 Å². The molecule has 160 valence electrons. The molecule has 9 heteroatoms. The number of fused-ring (bicyclic) bond motifs is 1. The topological polar surface area (TPSA) is 116 Å². The maximum absolute atomic E-state index is 13.1. The number of carbonyl (C=O) groups is 1. The Balaban J connectivity index is 1.42. The minimum absolute atomic E-state index is 0.0359. The first kappa shape index (κ1) is 20.8. The summed E-state index contributed by atoms with van der Waals surface area (Å²) < 4.78 is 0. The number of aliphatic hydroxyl groups excluding tert-OH is 1. The molecule has 1 atom stereocenters. The fourth-order valence-electron chi connectivity index (χ4n) is 4.16. The van der Waals surface area contributed by atoms with Gasteiger partial charge in [0.15, 0.2) is 0 Å².